The highest BCUT2D eigenvalue weighted by Gasteiger charge is 2.23. The maximum Gasteiger partial charge on any atom is 0.254 e. The van der Waals surface area contributed by atoms with Crippen molar-refractivity contribution in [2.45, 2.75) is 18.9 Å². The lowest BCUT2D eigenvalue weighted by Crippen LogP contribution is -2.27. The number of amides is 1. The number of carbonyl (C=O) groups excluding carboxylic acids is 1. The zero-order valence-corrected chi connectivity index (χ0v) is 14.2. The topological polar surface area (TPSA) is 81.7 Å². The van der Waals surface area contributed by atoms with Crippen molar-refractivity contribution < 1.29 is 19.0 Å². The van der Waals surface area contributed by atoms with Gasteiger partial charge in [0.1, 0.15) is 23.4 Å². The molecule has 1 aliphatic heterocycles. The van der Waals surface area contributed by atoms with Crippen LogP contribution < -0.4 is 20.1 Å². The van der Waals surface area contributed by atoms with E-state index in [1.54, 1.807) is 32.5 Å². The van der Waals surface area contributed by atoms with Crippen LogP contribution >= 0.6 is 0 Å². The van der Waals surface area contributed by atoms with Crippen molar-refractivity contribution in [3.8, 4) is 11.5 Å². The highest BCUT2D eigenvalue weighted by atomic mass is 16.5. The molecule has 0 radical (unpaired) electrons. The molecule has 3 rings (SSSR count). The lowest BCUT2D eigenvalue weighted by atomic mass is 10.2. The van der Waals surface area contributed by atoms with Gasteiger partial charge in [0.25, 0.3) is 5.91 Å². The molecule has 2 heterocycles. The standard InChI is InChI=1S/C18H21N3O4/c1-23-13-6-7-14(16(10-13)24-2)20-12-5-8-17(19-11-12)21-18(22)15-4-3-9-25-15/h5-8,10-11,15,20H,3-4,9H2,1-2H3,(H,19,21,22). The van der Waals surface area contributed by atoms with Gasteiger partial charge in [-0.25, -0.2) is 4.98 Å². The van der Waals surface area contributed by atoms with Crippen molar-refractivity contribution in [2.24, 2.45) is 0 Å². The minimum Gasteiger partial charge on any atom is -0.497 e. The Balaban J connectivity index is 1.65. The number of aromatic nitrogens is 1. The van der Waals surface area contributed by atoms with E-state index >= 15 is 0 Å². The number of hydrogen-bond donors (Lipinski definition) is 2. The Morgan fingerprint density at radius 1 is 1.24 bits per heavy atom. The molecule has 132 valence electrons. The lowest BCUT2D eigenvalue weighted by molar-refractivity contribution is -0.124. The third kappa shape index (κ3) is 4.19. The van der Waals surface area contributed by atoms with Crippen molar-refractivity contribution in [3.63, 3.8) is 0 Å². The number of pyridine rings is 1. The van der Waals surface area contributed by atoms with Crippen LogP contribution in [0.4, 0.5) is 17.2 Å². The highest BCUT2D eigenvalue weighted by Crippen LogP contribution is 2.31. The Morgan fingerprint density at radius 2 is 2.12 bits per heavy atom. The summed E-state index contributed by atoms with van der Waals surface area (Å²) >= 11 is 0. The highest BCUT2D eigenvalue weighted by molar-refractivity contribution is 5.93. The average Bonchev–Trinajstić information content (AvgIpc) is 3.18. The van der Waals surface area contributed by atoms with Gasteiger partial charge in [0.15, 0.2) is 0 Å². The maximum absolute atomic E-state index is 12.0. The van der Waals surface area contributed by atoms with E-state index in [0.29, 0.717) is 23.9 Å². The molecular weight excluding hydrogens is 322 g/mol. The quantitative estimate of drug-likeness (QED) is 0.839. The van der Waals surface area contributed by atoms with Gasteiger partial charge < -0.3 is 24.8 Å². The van der Waals surface area contributed by atoms with Gasteiger partial charge in [0.05, 0.1) is 31.8 Å². The molecule has 1 aromatic carbocycles. The largest absolute Gasteiger partial charge is 0.497 e. The van der Waals surface area contributed by atoms with Crippen LogP contribution in [0, 0.1) is 0 Å². The second kappa shape index (κ2) is 7.85. The summed E-state index contributed by atoms with van der Waals surface area (Å²) in [6.07, 6.45) is 2.94. The molecule has 1 fully saturated rings. The molecule has 1 saturated heterocycles. The minimum atomic E-state index is -0.372. The zero-order chi connectivity index (χ0) is 17.6. The summed E-state index contributed by atoms with van der Waals surface area (Å²) in [6, 6.07) is 9.08. The molecule has 2 aromatic rings. The first kappa shape index (κ1) is 17.0. The van der Waals surface area contributed by atoms with Gasteiger partial charge in [-0.3, -0.25) is 4.79 Å². The Bertz CT molecular complexity index is 728. The molecule has 0 bridgehead atoms. The summed E-state index contributed by atoms with van der Waals surface area (Å²) in [5, 5.41) is 6.00. The van der Waals surface area contributed by atoms with E-state index in [9.17, 15) is 4.79 Å². The van der Waals surface area contributed by atoms with Gasteiger partial charge in [0, 0.05) is 12.7 Å². The predicted molar refractivity (Wildman–Crippen MR) is 94.7 cm³/mol. The number of nitrogens with zero attached hydrogens (tertiary/aromatic N) is 1. The fourth-order valence-corrected chi connectivity index (χ4v) is 2.59. The van der Waals surface area contributed by atoms with Crippen molar-refractivity contribution in [1.29, 1.82) is 0 Å². The van der Waals surface area contributed by atoms with E-state index in [2.05, 4.69) is 15.6 Å². The van der Waals surface area contributed by atoms with Crippen LogP contribution in [0.25, 0.3) is 0 Å². The van der Waals surface area contributed by atoms with Crippen LogP contribution in [0.15, 0.2) is 36.5 Å². The molecule has 7 nitrogen and oxygen atoms in total. The second-order valence-electron chi connectivity index (χ2n) is 5.61. The molecule has 2 N–H and O–H groups in total. The summed E-state index contributed by atoms with van der Waals surface area (Å²) in [7, 11) is 3.21. The van der Waals surface area contributed by atoms with Crippen LogP contribution in [-0.2, 0) is 9.53 Å². The summed E-state index contributed by atoms with van der Waals surface area (Å²) in [6.45, 7) is 0.637. The van der Waals surface area contributed by atoms with Crippen LogP contribution in [0.3, 0.4) is 0 Å². The number of carbonyl (C=O) groups is 1. The molecular formula is C18H21N3O4. The summed E-state index contributed by atoms with van der Waals surface area (Å²) in [4.78, 5) is 16.3. The molecule has 1 amide bonds. The fraction of sp³-hybridized carbons (Fsp3) is 0.333. The van der Waals surface area contributed by atoms with Gasteiger partial charge in [-0.2, -0.15) is 0 Å². The van der Waals surface area contributed by atoms with Gasteiger partial charge in [-0.1, -0.05) is 0 Å². The maximum atomic E-state index is 12.0. The van der Waals surface area contributed by atoms with Crippen LogP contribution in [0.5, 0.6) is 11.5 Å². The number of hydrogen-bond acceptors (Lipinski definition) is 6. The third-order valence-electron chi connectivity index (χ3n) is 3.92. The van der Waals surface area contributed by atoms with Crippen molar-refractivity contribution >= 4 is 23.1 Å². The average molecular weight is 343 g/mol. The molecule has 1 aromatic heterocycles. The SMILES string of the molecule is COc1ccc(Nc2ccc(NC(=O)C3CCCO3)nc2)c(OC)c1. The first-order valence-corrected chi connectivity index (χ1v) is 8.07. The van der Waals surface area contributed by atoms with Crippen molar-refractivity contribution in [1.82, 2.24) is 4.98 Å². The fourth-order valence-electron chi connectivity index (χ4n) is 2.59. The smallest absolute Gasteiger partial charge is 0.254 e. The second-order valence-corrected chi connectivity index (χ2v) is 5.61. The van der Waals surface area contributed by atoms with Gasteiger partial charge >= 0.3 is 0 Å². The van der Waals surface area contributed by atoms with Gasteiger partial charge in [-0.05, 0) is 37.1 Å². The van der Waals surface area contributed by atoms with Crippen LogP contribution in [0.1, 0.15) is 12.8 Å². The Kier molecular flexibility index (Phi) is 5.35. The summed E-state index contributed by atoms with van der Waals surface area (Å²) < 4.78 is 15.9. The summed E-state index contributed by atoms with van der Waals surface area (Å²) in [5.74, 6) is 1.72. The lowest BCUT2D eigenvalue weighted by Gasteiger charge is -2.13. The number of rotatable bonds is 6. The van der Waals surface area contributed by atoms with Gasteiger partial charge in [-0.15, -0.1) is 0 Å². The number of methoxy groups -OCH3 is 2. The van der Waals surface area contributed by atoms with Crippen LogP contribution in [0.2, 0.25) is 0 Å². The molecule has 1 aliphatic rings. The molecule has 0 saturated carbocycles. The first-order chi connectivity index (χ1) is 12.2. The third-order valence-corrected chi connectivity index (χ3v) is 3.92. The molecule has 7 heteroatoms. The van der Waals surface area contributed by atoms with Crippen LogP contribution in [-0.4, -0.2) is 37.8 Å². The van der Waals surface area contributed by atoms with E-state index in [4.69, 9.17) is 14.2 Å². The Labute approximate surface area is 146 Å². The zero-order valence-electron chi connectivity index (χ0n) is 14.2. The van der Waals surface area contributed by atoms with Crippen molar-refractivity contribution in [2.75, 3.05) is 31.5 Å². The first-order valence-electron chi connectivity index (χ1n) is 8.07. The number of anilines is 3. The normalized spacial score (nSPS) is 16.3. The van der Waals surface area contributed by atoms with E-state index in [1.807, 2.05) is 18.2 Å². The molecule has 25 heavy (non-hydrogen) atoms. The monoisotopic (exact) mass is 343 g/mol. The Morgan fingerprint density at radius 3 is 2.76 bits per heavy atom. The van der Waals surface area contributed by atoms with E-state index < -0.39 is 0 Å². The Hall–Kier alpha value is -2.80. The summed E-state index contributed by atoms with van der Waals surface area (Å²) in [5.41, 5.74) is 1.57. The van der Waals surface area contributed by atoms with Crippen molar-refractivity contribution in [3.05, 3.63) is 36.5 Å². The predicted octanol–water partition coefficient (Wildman–Crippen LogP) is 2.96. The molecule has 1 unspecified atom stereocenters. The number of benzene rings is 1. The number of nitrogens with one attached hydrogen (secondary N) is 2. The van der Waals surface area contributed by atoms with E-state index in [0.717, 1.165) is 24.2 Å². The van der Waals surface area contributed by atoms with E-state index in [-0.39, 0.29) is 12.0 Å². The van der Waals surface area contributed by atoms with E-state index in [1.165, 1.54) is 0 Å². The minimum absolute atomic E-state index is 0.150. The molecule has 0 aliphatic carbocycles. The van der Waals surface area contributed by atoms with Gasteiger partial charge in [0.2, 0.25) is 0 Å². The molecule has 0 spiro atoms. The number of ether oxygens (including phenoxy) is 3. The molecule has 1 atom stereocenters.